The van der Waals surface area contributed by atoms with Gasteiger partial charge in [-0.15, -0.1) is 12.4 Å². The third-order valence-corrected chi connectivity index (χ3v) is 4.33. The van der Waals surface area contributed by atoms with Gasteiger partial charge in [-0.3, -0.25) is 4.79 Å². The van der Waals surface area contributed by atoms with E-state index in [1.165, 1.54) is 12.8 Å². The average Bonchev–Trinajstić information content (AvgIpc) is 2.60. The second-order valence-electron chi connectivity index (χ2n) is 4.58. The van der Waals surface area contributed by atoms with Gasteiger partial charge in [0.2, 0.25) is 5.91 Å². The molecule has 0 radical (unpaired) electrons. The quantitative estimate of drug-likeness (QED) is 0.728. The molecular weight excluding hydrogens is 284 g/mol. The van der Waals surface area contributed by atoms with Crippen LogP contribution in [-0.4, -0.2) is 61.7 Å². The van der Waals surface area contributed by atoms with Crippen LogP contribution in [0.3, 0.4) is 0 Å². The summed E-state index contributed by atoms with van der Waals surface area (Å²) >= 11 is 1.98. The molecule has 1 N–H and O–H groups in total. The third kappa shape index (κ3) is 8.02. The zero-order valence-electron chi connectivity index (χ0n) is 12.0. The molecule has 4 nitrogen and oxygen atoms in total. The van der Waals surface area contributed by atoms with Crippen LogP contribution in [0.1, 0.15) is 26.2 Å². The second-order valence-corrected chi connectivity index (χ2v) is 6.16. The van der Waals surface area contributed by atoms with Crippen LogP contribution >= 0.6 is 24.2 Å². The van der Waals surface area contributed by atoms with E-state index in [0.717, 1.165) is 31.8 Å². The lowest BCUT2D eigenvalue weighted by molar-refractivity contribution is -0.130. The molecule has 0 aromatic carbocycles. The van der Waals surface area contributed by atoms with Gasteiger partial charge in [-0.25, -0.2) is 0 Å². The van der Waals surface area contributed by atoms with Crippen molar-refractivity contribution in [3.05, 3.63) is 0 Å². The lowest BCUT2D eigenvalue weighted by Crippen LogP contribution is -2.41. The number of hydrogen-bond donors (Lipinski definition) is 1. The van der Waals surface area contributed by atoms with Gasteiger partial charge in [0.15, 0.2) is 0 Å². The summed E-state index contributed by atoms with van der Waals surface area (Å²) in [6.45, 7) is 5.86. The Bertz CT molecular complexity index is 245. The van der Waals surface area contributed by atoms with E-state index in [1.807, 2.05) is 16.7 Å². The number of thioether (sulfide) groups is 1. The SMILES string of the molecule is CCSC1CCCCN(C(=O)CNCCOC)C1.Cl. The Labute approximate surface area is 127 Å². The number of halogens is 1. The highest BCUT2D eigenvalue weighted by Crippen LogP contribution is 2.21. The molecule has 1 heterocycles. The van der Waals surface area contributed by atoms with Crippen molar-refractivity contribution >= 4 is 30.1 Å². The summed E-state index contributed by atoms with van der Waals surface area (Å²) in [5.74, 6) is 1.37. The molecule has 0 aromatic rings. The van der Waals surface area contributed by atoms with Crippen LogP contribution in [0, 0.1) is 0 Å². The predicted octanol–water partition coefficient (Wildman–Crippen LogP) is 1.78. The van der Waals surface area contributed by atoms with Crippen LogP contribution < -0.4 is 5.32 Å². The van der Waals surface area contributed by atoms with Gasteiger partial charge < -0.3 is 15.0 Å². The summed E-state index contributed by atoms with van der Waals surface area (Å²) in [6, 6.07) is 0. The van der Waals surface area contributed by atoms with Gasteiger partial charge in [0.1, 0.15) is 0 Å². The molecule has 0 aromatic heterocycles. The minimum absolute atomic E-state index is 0. The van der Waals surface area contributed by atoms with Crippen LogP contribution in [0.25, 0.3) is 0 Å². The highest BCUT2D eigenvalue weighted by molar-refractivity contribution is 7.99. The van der Waals surface area contributed by atoms with Crippen molar-refractivity contribution in [3.63, 3.8) is 0 Å². The van der Waals surface area contributed by atoms with Crippen molar-refractivity contribution in [1.82, 2.24) is 10.2 Å². The first-order chi connectivity index (χ1) is 8.77. The lowest BCUT2D eigenvalue weighted by Gasteiger charge is -2.24. The molecule has 0 spiro atoms. The van der Waals surface area contributed by atoms with E-state index in [2.05, 4.69) is 12.2 Å². The van der Waals surface area contributed by atoms with E-state index >= 15 is 0 Å². The summed E-state index contributed by atoms with van der Waals surface area (Å²) in [6.07, 6.45) is 3.64. The first-order valence-electron chi connectivity index (χ1n) is 6.87. The number of carbonyl (C=O) groups is 1. The number of amides is 1. The number of likely N-dealkylation sites (tertiary alicyclic amines) is 1. The topological polar surface area (TPSA) is 41.6 Å². The fraction of sp³-hybridized carbons (Fsp3) is 0.923. The Morgan fingerprint density at radius 3 is 2.95 bits per heavy atom. The minimum Gasteiger partial charge on any atom is -0.383 e. The molecule has 1 atom stereocenters. The molecule has 0 bridgehead atoms. The predicted molar refractivity (Wildman–Crippen MR) is 84.3 cm³/mol. The second kappa shape index (κ2) is 11.8. The molecule has 1 rings (SSSR count). The number of nitrogens with zero attached hydrogens (tertiary/aromatic N) is 1. The zero-order valence-corrected chi connectivity index (χ0v) is 13.7. The van der Waals surface area contributed by atoms with Gasteiger partial charge in [-0.05, 0) is 18.6 Å². The van der Waals surface area contributed by atoms with Crippen LogP contribution in [0.15, 0.2) is 0 Å². The summed E-state index contributed by atoms with van der Waals surface area (Å²) in [4.78, 5) is 14.1. The Hall–Kier alpha value is 0.0300. The van der Waals surface area contributed by atoms with Crippen molar-refractivity contribution in [3.8, 4) is 0 Å². The fourth-order valence-corrected chi connectivity index (χ4v) is 3.27. The van der Waals surface area contributed by atoms with Crippen molar-refractivity contribution in [2.24, 2.45) is 0 Å². The van der Waals surface area contributed by atoms with Gasteiger partial charge in [0, 0.05) is 32.0 Å². The lowest BCUT2D eigenvalue weighted by atomic mass is 10.2. The molecule has 1 aliphatic heterocycles. The van der Waals surface area contributed by atoms with Crippen LogP contribution in [0.5, 0.6) is 0 Å². The molecule has 1 aliphatic rings. The first kappa shape index (κ1) is 19.0. The Balaban J connectivity index is 0.00000324. The van der Waals surface area contributed by atoms with Gasteiger partial charge in [0.05, 0.1) is 13.2 Å². The molecule has 1 unspecified atom stereocenters. The monoisotopic (exact) mass is 310 g/mol. The molecule has 6 heteroatoms. The normalized spacial score (nSPS) is 19.7. The summed E-state index contributed by atoms with van der Waals surface area (Å²) in [7, 11) is 1.67. The number of hydrogen-bond acceptors (Lipinski definition) is 4. The summed E-state index contributed by atoms with van der Waals surface area (Å²) < 4.78 is 4.95. The highest BCUT2D eigenvalue weighted by atomic mass is 35.5. The fourth-order valence-electron chi connectivity index (χ4n) is 2.18. The number of ether oxygens (including phenoxy) is 1. The maximum atomic E-state index is 12.1. The Morgan fingerprint density at radius 1 is 1.47 bits per heavy atom. The van der Waals surface area contributed by atoms with E-state index in [-0.39, 0.29) is 18.3 Å². The number of methoxy groups -OCH3 is 1. The van der Waals surface area contributed by atoms with E-state index in [9.17, 15) is 4.79 Å². The first-order valence-corrected chi connectivity index (χ1v) is 7.91. The van der Waals surface area contributed by atoms with E-state index in [4.69, 9.17) is 4.74 Å². The smallest absolute Gasteiger partial charge is 0.236 e. The zero-order chi connectivity index (χ0) is 13.2. The maximum absolute atomic E-state index is 12.1. The van der Waals surface area contributed by atoms with E-state index < -0.39 is 0 Å². The van der Waals surface area contributed by atoms with Crippen LogP contribution in [0.2, 0.25) is 0 Å². The standard InChI is InChI=1S/C13H26N2O2S.ClH/c1-3-18-12-6-4-5-8-15(11-12)13(16)10-14-7-9-17-2;/h12,14H,3-11H2,1-2H3;1H. The Morgan fingerprint density at radius 2 is 2.26 bits per heavy atom. The van der Waals surface area contributed by atoms with Gasteiger partial charge in [0.25, 0.3) is 0 Å². The highest BCUT2D eigenvalue weighted by Gasteiger charge is 2.21. The Kier molecular flexibility index (Phi) is 11.8. The van der Waals surface area contributed by atoms with Crippen LogP contribution in [-0.2, 0) is 9.53 Å². The minimum atomic E-state index is 0. The van der Waals surface area contributed by atoms with Crippen molar-refractivity contribution in [2.75, 3.05) is 45.6 Å². The molecule has 0 saturated carbocycles. The molecule has 1 amide bonds. The van der Waals surface area contributed by atoms with Gasteiger partial charge in [-0.1, -0.05) is 13.3 Å². The van der Waals surface area contributed by atoms with Gasteiger partial charge in [-0.2, -0.15) is 11.8 Å². The molecule has 1 fully saturated rings. The van der Waals surface area contributed by atoms with E-state index in [0.29, 0.717) is 18.4 Å². The number of rotatable bonds is 7. The van der Waals surface area contributed by atoms with Crippen molar-refractivity contribution < 1.29 is 9.53 Å². The molecule has 19 heavy (non-hydrogen) atoms. The molecule has 114 valence electrons. The van der Waals surface area contributed by atoms with Crippen LogP contribution in [0.4, 0.5) is 0 Å². The maximum Gasteiger partial charge on any atom is 0.236 e. The number of nitrogens with one attached hydrogen (secondary N) is 1. The molecular formula is C13H27ClN2O2S. The largest absolute Gasteiger partial charge is 0.383 e. The number of carbonyl (C=O) groups excluding carboxylic acids is 1. The molecule has 1 saturated heterocycles. The van der Waals surface area contributed by atoms with Crippen molar-refractivity contribution in [1.29, 1.82) is 0 Å². The third-order valence-electron chi connectivity index (χ3n) is 3.14. The van der Waals surface area contributed by atoms with Gasteiger partial charge >= 0.3 is 0 Å². The van der Waals surface area contributed by atoms with E-state index in [1.54, 1.807) is 7.11 Å². The summed E-state index contributed by atoms with van der Waals surface area (Å²) in [5.41, 5.74) is 0. The van der Waals surface area contributed by atoms with Crippen molar-refractivity contribution in [2.45, 2.75) is 31.4 Å². The average molecular weight is 311 g/mol. The molecule has 0 aliphatic carbocycles. The summed E-state index contributed by atoms with van der Waals surface area (Å²) in [5, 5.41) is 3.75.